The maximum Gasteiger partial charge on any atom is 0.417 e. The predicted octanol–water partition coefficient (Wildman–Crippen LogP) is 3.61. The molecule has 1 aromatic heterocycles. The van der Waals surface area contributed by atoms with Crippen molar-refractivity contribution in [1.82, 2.24) is 10.5 Å². The van der Waals surface area contributed by atoms with Gasteiger partial charge in [0.25, 0.3) is 5.91 Å². The number of anilines is 1. The molecule has 0 saturated heterocycles. The van der Waals surface area contributed by atoms with E-state index in [2.05, 4.69) is 10.5 Å². The van der Waals surface area contributed by atoms with Crippen LogP contribution in [-0.4, -0.2) is 17.1 Å². The Balaban J connectivity index is 1.59. The number of carbonyl (C=O) groups excluding carboxylic acids is 1. The van der Waals surface area contributed by atoms with Gasteiger partial charge in [0, 0.05) is 23.6 Å². The number of nitrogens with two attached hydrogens (primary N) is 1. The summed E-state index contributed by atoms with van der Waals surface area (Å²) in [6.07, 6.45) is -3.23. The van der Waals surface area contributed by atoms with Gasteiger partial charge in [-0.15, -0.1) is 0 Å². The minimum Gasteiger partial charge on any atom is -0.368 e. The number of nitrogens with one attached hydrogen (secondary N) is 1. The summed E-state index contributed by atoms with van der Waals surface area (Å²) >= 11 is 5.62. The molecule has 9 heteroatoms. The molecule has 128 valence electrons. The molecule has 2 aromatic rings. The highest BCUT2D eigenvalue weighted by atomic mass is 35.5. The van der Waals surface area contributed by atoms with Gasteiger partial charge >= 0.3 is 6.18 Å². The highest BCUT2D eigenvalue weighted by molar-refractivity contribution is 6.31. The summed E-state index contributed by atoms with van der Waals surface area (Å²) in [5, 5.41) is 6.07. The first-order valence-corrected chi connectivity index (χ1v) is 7.51. The van der Waals surface area contributed by atoms with E-state index in [0.717, 1.165) is 23.9 Å². The van der Waals surface area contributed by atoms with Crippen LogP contribution in [0.4, 0.5) is 19.1 Å². The summed E-state index contributed by atoms with van der Waals surface area (Å²) in [6.45, 7) is 0. The lowest BCUT2D eigenvalue weighted by Crippen LogP contribution is -2.43. The smallest absolute Gasteiger partial charge is 0.368 e. The van der Waals surface area contributed by atoms with Crippen molar-refractivity contribution in [1.29, 1.82) is 0 Å². The molecule has 5 nitrogen and oxygen atoms in total. The number of amides is 1. The third kappa shape index (κ3) is 3.33. The second-order valence-corrected chi connectivity index (χ2v) is 6.09. The minimum absolute atomic E-state index is 0.0820. The standard InChI is InChI=1S/C15H13ClF3N3O2/c16-11-5-7(1-2-10(11)15(17,18)19)14(23)21-9-3-8(4-9)12-6-13(20)24-22-12/h1-2,5-6,8-9H,3-4,20H2,(H,21,23). The molecule has 0 bridgehead atoms. The average molecular weight is 360 g/mol. The number of benzene rings is 1. The Kier molecular flexibility index (Phi) is 4.16. The van der Waals surface area contributed by atoms with Crippen LogP contribution in [0.3, 0.4) is 0 Å². The van der Waals surface area contributed by atoms with E-state index < -0.39 is 22.7 Å². The third-order valence-electron chi connectivity index (χ3n) is 3.97. The number of alkyl halides is 3. The topological polar surface area (TPSA) is 81.1 Å². The maximum atomic E-state index is 12.7. The molecule has 1 fully saturated rings. The minimum atomic E-state index is -4.55. The Labute approximate surface area is 139 Å². The number of aromatic nitrogens is 1. The van der Waals surface area contributed by atoms with Crippen LogP contribution < -0.4 is 11.1 Å². The number of nitrogens with zero attached hydrogens (tertiary/aromatic N) is 1. The maximum absolute atomic E-state index is 12.7. The molecule has 1 aliphatic carbocycles. The van der Waals surface area contributed by atoms with Crippen LogP contribution in [0, 0.1) is 0 Å². The molecule has 24 heavy (non-hydrogen) atoms. The zero-order valence-corrected chi connectivity index (χ0v) is 13.0. The van der Waals surface area contributed by atoms with Gasteiger partial charge in [-0.05, 0) is 31.0 Å². The highest BCUT2D eigenvalue weighted by Crippen LogP contribution is 2.37. The third-order valence-corrected chi connectivity index (χ3v) is 4.29. The Hall–Kier alpha value is -2.22. The van der Waals surface area contributed by atoms with Gasteiger partial charge in [0.1, 0.15) is 0 Å². The average Bonchev–Trinajstić information content (AvgIpc) is 2.86. The monoisotopic (exact) mass is 359 g/mol. The van der Waals surface area contributed by atoms with Crippen LogP contribution in [0.1, 0.15) is 40.4 Å². The summed E-state index contributed by atoms with van der Waals surface area (Å²) in [5.74, 6) is -0.0850. The van der Waals surface area contributed by atoms with Gasteiger partial charge in [-0.1, -0.05) is 16.8 Å². The fourth-order valence-electron chi connectivity index (χ4n) is 2.63. The Morgan fingerprint density at radius 1 is 1.33 bits per heavy atom. The largest absolute Gasteiger partial charge is 0.417 e. The Morgan fingerprint density at radius 2 is 2.04 bits per heavy atom. The second-order valence-electron chi connectivity index (χ2n) is 5.69. The molecule has 0 unspecified atom stereocenters. The predicted molar refractivity (Wildman–Crippen MR) is 80.6 cm³/mol. The van der Waals surface area contributed by atoms with Crippen molar-refractivity contribution in [2.75, 3.05) is 5.73 Å². The molecule has 1 aromatic carbocycles. The number of hydrogen-bond donors (Lipinski definition) is 2. The van der Waals surface area contributed by atoms with Gasteiger partial charge in [0.2, 0.25) is 5.88 Å². The van der Waals surface area contributed by atoms with E-state index in [1.807, 2.05) is 0 Å². The van der Waals surface area contributed by atoms with Crippen LogP contribution in [0.2, 0.25) is 5.02 Å². The van der Waals surface area contributed by atoms with E-state index in [4.69, 9.17) is 21.9 Å². The molecule has 0 atom stereocenters. The zero-order valence-electron chi connectivity index (χ0n) is 12.2. The normalized spacial score (nSPS) is 20.5. The quantitative estimate of drug-likeness (QED) is 0.877. The molecule has 1 amide bonds. The summed E-state index contributed by atoms with van der Waals surface area (Å²) in [4.78, 5) is 12.1. The van der Waals surface area contributed by atoms with Crippen molar-refractivity contribution in [3.05, 3.63) is 46.1 Å². The van der Waals surface area contributed by atoms with E-state index in [9.17, 15) is 18.0 Å². The number of halogens is 4. The van der Waals surface area contributed by atoms with Gasteiger partial charge in [-0.3, -0.25) is 4.79 Å². The first kappa shape index (κ1) is 16.6. The lowest BCUT2D eigenvalue weighted by Gasteiger charge is -2.34. The van der Waals surface area contributed by atoms with E-state index in [1.54, 1.807) is 6.07 Å². The highest BCUT2D eigenvalue weighted by Gasteiger charge is 2.35. The molecule has 0 radical (unpaired) electrons. The lowest BCUT2D eigenvalue weighted by molar-refractivity contribution is -0.137. The van der Waals surface area contributed by atoms with Crippen LogP contribution >= 0.6 is 11.6 Å². The van der Waals surface area contributed by atoms with Crippen molar-refractivity contribution < 1.29 is 22.5 Å². The molecule has 3 N–H and O–H groups in total. The van der Waals surface area contributed by atoms with Gasteiger partial charge in [-0.2, -0.15) is 13.2 Å². The summed E-state index contributed by atoms with van der Waals surface area (Å²) < 4.78 is 42.8. The van der Waals surface area contributed by atoms with Gasteiger partial charge < -0.3 is 15.6 Å². The Bertz CT molecular complexity index is 770. The van der Waals surface area contributed by atoms with Crippen molar-refractivity contribution in [2.45, 2.75) is 31.0 Å². The lowest BCUT2D eigenvalue weighted by atomic mass is 9.78. The fraction of sp³-hybridized carbons (Fsp3) is 0.333. The van der Waals surface area contributed by atoms with Gasteiger partial charge in [0.05, 0.1) is 16.3 Å². The number of nitrogen functional groups attached to an aromatic ring is 1. The molecule has 3 rings (SSSR count). The first-order valence-electron chi connectivity index (χ1n) is 7.13. The van der Waals surface area contributed by atoms with E-state index in [0.29, 0.717) is 12.8 Å². The van der Waals surface area contributed by atoms with Gasteiger partial charge in [-0.25, -0.2) is 0 Å². The van der Waals surface area contributed by atoms with Crippen molar-refractivity contribution in [3.8, 4) is 0 Å². The first-order chi connectivity index (χ1) is 11.2. The van der Waals surface area contributed by atoms with E-state index in [1.165, 1.54) is 0 Å². The van der Waals surface area contributed by atoms with Crippen molar-refractivity contribution in [3.63, 3.8) is 0 Å². The van der Waals surface area contributed by atoms with Crippen molar-refractivity contribution >= 4 is 23.4 Å². The van der Waals surface area contributed by atoms with Crippen LogP contribution in [-0.2, 0) is 6.18 Å². The molecular formula is C15H13ClF3N3O2. The molecule has 1 aliphatic rings. The molecule has 0 aliphatic heterocycles. The van der Waals surface area contributed by atoms with E-state index in [-0.39, 0.29) is 23.4 Å². The zero-order chi connectivity index (χ0) is 17.5. The molecular weight excluding hydrogens is 347 g/mol. The SMILES string of the molecule is Nc1cc(C2CC(NC(=O)c3ccc(C(F)(F)F)c(Cl)c3)C2)no1. The summed E-state index contributed by atoms with van der Waals surface area (Å²) in [7, 11) is 0. The van der Waals surface area contributed by atoms with E-state index >= 15 is 0 Å². The second kappa shape index (κ2) is 6.01. The fourth-order valence-corrected chi connectivity index (χ4v) is 2.92. The van der Waals surface area contributed by atoms with Crippen LogP contribution in [0.15, 0.2) is 28.8 Å². The molecule has 0 spiro atoms. The van der Waals surface area contributed by atoms with Crippen LogP contribution in [0.25, 0.3) is 0 Å². The Morgan fingerprint density at radius 3 is 2.58 bits per heavy atom. The van der Waals surface area contributed by atoms with Gasteiger partial charge in [0.15, 0.2) is 0 Å². The molecule has 1 heterocycles. The summed E-state index contributed by atoms with van der Waals surface area (Å²) in [6, 6.07) is 4.49. The number of rotatable bonds is 3. The number of carbonyl (C=O) groups is 1. The molecule has 1 saturated carbocycles. The number of hydrogen-bond acceptors (Lipinski definition) is 4. The van der Waals surface area contributed by atoms with Crippen molar-refractivity contribution in [2.24, 2.45) is 0 Å². The summed E-state index contributed by atoms with van der Waals surface area (Å²) in [5.41, 5.74) is 5.30. The van der Waals surface area contributed by atoms with Crippen LogP contribution in [0.5, 0.6) is 0 Å².